The Kier molecular flexibility index (Phi) is 24.8. The van der Waals surface area contributed by atoms with Crippen molar-refractivity contribution in [3.63, 3.8) is 0 Å². The van der Waals surface area contributed by atoms with Gasteiger partial charge >= 0.3 is 0 Å². The first kappa shape index (κ1) is 9.70. The molecule has 0 aromatic carbocycles. The standard InChI is InChI=1S/C4H7.C3H5/c1-3-4-2;1-3-2/h1,3H,4H2,2H3;3H,1-2H2. The van der Waals surface area contributed by atoms with Crippen molar-refractivity contribution in [2.24, 2.45) is 0 Å². The van der Waals surface area contributed by atoms with Gasteiger partial charge in [-0.1, -0.05) is 25.7 Å². The molecule has 0 heterocycles. The highest BCUT2D eigenvalue weighted by molar-refractivity contribution is 4.66. The van der Waals surface area contributed by atoms with E-state index in [0.29, 0.717) is 0 Å². The molecular weight excluding hydrogens is 84.1 g/mol. The fourth-order valence-corrected chi connectivity index (χ4v) is 0. The first-order chi connectivity index (χ1) is 3.33. The molecule has 0 saturated carbocycles. The molecule has 0 aromatic heterocycles. The highest BCUT2D eigenvalue weighted by Crippen LogP contribution is 1.65. The number of hydrogen-bond donors (Lipinski definition) is 0. The normalized spacial score (nSPS) is 5.43. The van der Waals surface area contributed by atoms with Crippen LogP contribution in [0.5, 0.6) is 0 Å². The Hall–Kier alpha value is -0.520. The predicted molar refractivity (Wildman–Crippen MR) is 34.7 cm³/mol. The summed E-state index contributed by atoms with van der Waals surface area (Å²) in [6, 6.07) is 0. The van der Waals surface area contributed by atoms with Crippen molar-refractivity contribution in [2.75, 3.05) is 0 Å². The van der Waals surface area contributed by atoms with E-state index >= 15 is 0 Å². The molecule has 0 aliphatic carbocycles. The summed E-state index contributed by atoms with van der Waals surface area (Å²) >= 11 is 0. The molecule has 7 heavy (non-hydrogen) atoms. The summed E-state index contributed by atoms with van der Waals surface area (Å²) in [6.45, 7) is 13.4. The Bertz CT molecular complexity index is 35.3. The van der Waals surface area contributed by atoms with Gasteiger partial charge in [0, 0.05) is 0 Å². The largest absolute Gasteiger partial charge is 0.103 e. The van der Waals surface area contributed by atoms with Crippen LogP contribution in [0.4, 0.5) is 0 Å². The lowest BCUT2D eigenvalue weighted by Gasteiger charge is -1.57. The van der Waals surface area contributed by atoms with Crippen LogP contribution in [0.2, 0.25) is 0 Å². The van der Waals surface area contributed by atoms with Crippen molar-refractivity contribution in [2.45, 2.75) is 13.3 Å². The molecule has 0 N–H and O–H groups in total. The van der Waals surface area contributed by atoms with Gasteiger partial charge in [0.25, 0.3) is 0 Å². The van der Waals surface area contributed by atoms with Gasteiger partial charge in [-0.05, 0) is 13.3 Å². The lowest BCUT2D eigenvalue weighted by atomic mass is 10.5. The van der Waals surface area contributed by atoms with Crippen LogP contribution in [0.15, 0.2) is 18.7 Å². The van der Waals surface area contributed by atoms with Crippen molar-refractivity contribution >= 4 is 0 Å². The zero-order chi connectivity index (χ0) is 6.12. The number of allylic oxidation sites excluding steroid dienone is 2. The van der Waals surface area contributed by atoms with E-state index < -0.39 is 0 Å². The SMILES string of the molecule is [CH2]C=C.[CH]=CCC. The van der Waals surface area contributed by atoms with E-state index in [2.05, 4.69) is 13.5 Å². The molecule has 0 unspecified atom stereocenters. The van der Waals surface area contributed by atoms with Crippen LogP contribution in [0.3, 0.4) is 0 Å². The molecule has 0 aromatic rings. The Morgan fingerprint density at radius 3 is 1.86 bits per heavy atom. The Balaban J connectivity index is 0. The van der Waals surface area contributed by atoms with Gasteiger partial charge in [-0.2, -0.15) is 0 Å². The third-order valence-corrected chi connectivity index (χ3v) is 0.236. The fourth-order valence-electron chi connectivity index (χ4n) is 0. The molecule has 0 rings (SSSR count). The summed E-state index contributed by atoms with van der Waals surface area (Å²) in [6.07, 6.45) is 4.10. The maximum Gasteiger partial charge on any atom is -0.0319 e. The monoisotopic (exact) mass is 96.1 g/mol. The molecule has 40 valence electrons. The maximum atomic E-state index is 4.90. The van der Waals surface area contributed by atoms with Crippen LogP contribution in [-0.4, -0.2) is 0 Å². The van der Waals surface area contributed by atoms with Crippen LogP contribution in [0.1, 0.15) is 13.3 Å². The third kappa shape index (κ3) is 288. The lowest BCUT2D eigenvalue weighted by Crippen LogP contribution is -1.37. The van der Waals surface area contributed by atoms with Crippen LogP contribution in [0, 0.1) is 13.5 Å². The summed E-state index contributed by atoms with van der Waals surface area (Å²) < 4.78 is 0. The number of hydrogen-bond acceptors (Lipinski definition) is 0. The molecule has 2 radical (unpaired) electrons. The van der Waals surface area contributed by atoms with E-state index in [9.17, 15) is 0 Å². The van der Waals surface area contributed by atoms with Gasteiger partial charge in [0.05, 0.1) is 0 Å². The van der Waals surface area contributed by atoms with Crippen molar-refractivity contribution < 1.29 is 0 Å². The zero-order valence-electron chi connectivity index (χ0n) is 4.85. The highest BCUT2D eigenvalue weighted by atomic mass is 13.5. The first-order valence-electron chi connectivity index (χ1n) is 2.27. The molecule has 0 atom stereocenters. The summed E-state index contributed by atoms with van der Waals surface area (Å²) in [5, 5.41) is 0. The summed E-state index contributed by atoms with van der Waals surface area (Å²) in [7, 11) is 0. The Labute approximate surface area is 46.6 Å². The highest BCUT2D eigenvalue weighted by Gasteiger charge is 1.45. The van der Waals surface area contributed by atoms with Gasteiger partial charge in [0.15, 0.2) is 0 Å². The van der Waals surface area contributed by atoms with Gasteiger partial charge in [-0.3, -0.25) is 0 Å². The topological polar surface area (TPSA) is 0 Å². The molecule has 0 aliphatic rings. The summed E-state index contributed by atoms with van der Waals surface area (Å²) in [4.78, 5) is 0. The van der Waals surface area contributed by atoms with Crippen LogP contribution in [0.25, 0.3) is 0 Å². The molecule has 0 fully saturated rings. The minimum Gasteiger partial charge on any atom is -0.103 e. The van der Waals surface area contributed by atoms with Gasteiger partial charge in [0.1, 0.15) is 0 Å². The molecule has 0 amide bonds. The minimum atomic E-state index is 0.972. The smallest absolute Gasteiger partial charge is 0.0319 e. The van der Waals surface area contributed by atoms with E-state index in [1.165, 1.54) is 6.08 Å². The van der Waals surface area contributed by atoms with Crippen molar-refractivity contribution in [1.29, 1.82) is 0 Å². The van der Waals surface area contributed by atoms with Crippen LogP contribution < -0.4 is 0 Å². The van der Waals surface area contributed by atoms with E-state index in [-0.39, 0.29) is 0 Å². The second kappa shape index (κ2) is 17.9. The molecule has 0 aliphatic heterocycles. The Morgan fingerprint density at radius 2 is 1.86 bits per heavy atom. The van der Waals surface area contributed by atoms with Crippen LogP contribution >= 0.6 is 0 Å². The van der Waals surface area contributed by atoms with Gasteiger partial charge < -0.3 is 0 Å². The molecule has 0 saturated heterocycles. The maximum absolute atomic E-state index is 4.90. The van der Waals surface area contributed by atoms with E-state index in [4.69, 9.17) is 6.58 Å². The van der Waals surface area contributed by atoms with Crippen molar-refractivity contribution in [1.82, 2.24) is 0 Å². The molecule has 0 nitrogen and oxygen atoms in total. The van der Waals surface area contributed by atoms with Crippen LogP contribution in [-0.2, 0) is 0 Å². The average Bonchev–Trinajstić information content (AvgIpc) is 1.69. The second-order valence-electron chi connectivity index (χ2n) is 0.933. The van der Waals surface area contributed by atoms with E-state index in [1.54, 1.807) is 6.08 Å². The lowest BCUT2D eigenvalue weighted by molar-refractivity contribution is 1.23. The van der Waals surface area contributed by atoms with Crippen molar-refractivity contribution in [3.8, 4) is 0 Å². The van der Waals surface area contributed by atoms with E-state index in [1.807, 2.05) is 6.92 Å². The fraction of sp³-hybridized carbons (Fsp3) is 0.286. The quantitative estimate of drug-likeness (QED) is 0.470. The predicted octanol–water partition coefficient (Wildman–Crippen LogP) is 2.39. The minimum absolute atomic E-state index is 0.972. The number of rotatable bonds is 1. The summed E-state index contributed by atoms with van der Waals surface area (Å²) in [5.41, 5.74) is 0. The average molecular weight is 96.2 g/mol. The van der Waals surface area contributed by atoms with Crippen molar-refractivity contribution in [3.05, 3.63) is 32.2 Å². The Morgan fingerprint density at radius 1 is 1.71 bits per heavy atom. The zero-order valence-corrected chi connectivity index (χ0v) is 4.85. The molecule has 0 heteroatoms. The molecule has 0 spiro atoms. The second-order valence-corrected chi connectivity index (χ2v) is 0.933. The third-order valence-electron chi connectivity index (χ3n) is 0.236. The van der Waals surface area contributed by atoms with Gasteiger partial charge in [0.2, 0.25) is 0 Å². The van der Waals surface area contributed by atoms with Gasteiger partial charge in [-0.15, -0.1) is 6.58 Å². The molecule has 0 bridgehead atoms. The van der Waals surface area contributed by atoms with E-state index in [0.717, 1.165) is 6.42 Å². The summed E-state index contributed by atoms with van der Waals surface area (Å²) in [5.74, 6) is 0. The first-order valence-corrected chi connectivity index (χ1v) is 2.27. The van der Waals surface area contributed by atoms with Gasteiger partial charge in [-0.25, -0.2) is 0 Å². The molecular formula is C7H12.